The average molecular weight is 813 g/mol. The van der Waals surface area contributed by atoms with E-state index in [2.05, 4.69) is 33.8 Å². The highest BCUT2D eigenvalue weighted by Gasteiger charge is 2.30. The number of ether oxygens (including phenoxy) is 2. The third-order valence-electron chi connectivity index (χ3n) is 9.72. The fourth-order valence-electron chi connectivity index (χ4n) is 6.41. The van der Waals surface area contributed by atoms with Crippen molar-refractivity contribution in [2.24, 2.45) is 0 Å². The van der Waals surface area contributed by atoms with E-state index in [0.717, 1.165) is 36.3 Å². The molecule has 60 heavy (non-hydrogen) atoms. The Morgan fingerprint density at radius 3 is 2.15 bits per heavy atom. The van der Waals surface area contributed by atoms with Crippen LogP contribution in [0.2, 0.25) is 0 Å². The Hall–Kier alpha value is -6.87. The van der Waals surface area contributed by atoms with E-state index in [1.54, 1.807) is 29.2 Å². The maximum Gasteiger partial charge on any atom is 0.358 e. The van der Waals surface area contributed by atoms with Crippen LogP contribution in [0.5, 0.6) is 17.2 Å². The number of aromatic nitrogens is 1. The summed E-state index contributed by atoms with van der Waals surface area (Å²) in [5.74, 6) is 3.04. The maximum absolute atomic E-state index is 13.9. The number of hydrogen-bond donors (Lipinski definition) is 3. The molecule has 3 N–H and O–H groups in total. The molecule has 0 aliphatic carbocycles. The van der Waals surface area contributed by atoms with Crippen LogP contribution in [0, 0.1) is 12.3 Å². The zero-order chi connectivity index (χ0) is 42.4. The Morgan fingerprint density at radius 2 is 1.45 bits per heavy atom. The number of aromatic carboxylic acids is 1. The van der Waals surface area contributed by atoms with Gasteiger partial charge < -0.3 is 34.6 Å². The molecule has 1 atom stereocenters. The first-order chi connectivity index (χ1) is 29.3. The molecule has 0 aliphatic rings. The van der Waals surface area contributed by atoms with Gasteiger partial charge >= 0.3 is 5.97 Å². The quantitative estimate of drug-likeness (QED) is 0.0390. The number of aryl methyl sites for hydroxylation is 1. The minimum Gasteiger partial charge on any atom is -0.491 e. The summed E-state index contributed by atoms with van der Waals surface area (Å²) in [6.45, 7) is 1.04. The summed E-state index contributed by atoms with van der Waals surface area (Å²) in [4.78, 5) is 53.1. The van der Waals surface area contributed by atoms with Crippen LogP contribution in [0.3, 0.4) is 0 Å². The molecule has 4 aromatic carbocycles. The number of hydrogen-bond acceptors (Lipinski definition) is 8. The molecule has 0 saturated heterocycles. The summed E-state index contributed by atoms with van der Waals surface area (Å²) in [5, 5.41) is 18.7. The number of amides is 3. The number of unbranched alkanes of at least 4 members (excludes halogenated alkanes) is 4. The van der Waals surface area contributed by atoms with Crippen molar-refractivity contribution in [1.82, 2.24) is 20.7 Å². The van der Waals surface area contributed by atoms with Gasteiger partial charge in [0.2, 0.25) is 17.7 Å². The molecular formula is C48H52N4O8. The van der Waals surface area contributed by atoms with Gasteiger partial charge in [0.05, 0.1) is 0 Å². The molecule has 312 valence electrons. The number of carboxylic acid groups (broad SMARTS) is 1. The summed E-state index contributed by atoms with van der Waals surface area (Å²) < 4.78 is 17.1. The van der Waals surface area contributed by atoms with Gasteiger partial charge in [-0.1, -0.05) is 72.2 Å². The predicted octanol–water partition coefficient (Wildman–Crippen LogP) is 8.23. The van der Waals surface area contributed by atoms with Crippen molar-refractivity contribution in [3.05, 3.63) is 132 Å². The highest BCUT2D eigenvalue weighted by molar-refractivity contribution is 5.88. The molecule has 12 heteroatoms. The molecule has 3 amide bonds. The molecule has 1 heterocycles. The summed E-state index contributed by atoms with van der Waals surface area (Å²) in [7, 11) is 0. The summed E-state index contributed by atoms with van der Waals surface area (Å²) in [6.07, 6.45) is 11.4. The molecule has 0 spiro atoms. The Balaban J connectivity index is 1.13. The third-order valence-corrected chi connectivity index (χ3v) is 9.72. The Bertz CT molecular complexity index is 2130. The van der Waals surface area contributed by atoms with Crippen LogP contribution in [0.1, 0.15) is 79.4 Å². The highest BCUT2D eigenvalue weighted by Crippen LogP contribution is 2.24. The van der Waals surface area contributed by atoms with Crippen LogP contribution in [0.25, 0.3) is 11.3 Å². The van der Waals surface area contributed by atoms with E-state index in [1.807, 2.05) is 72.8 Å². The van der Waals surface area contributed by atoms with E-state index in [-0.39, 0.29) is 42.2 Å². The first-order valence-corrected chi connectivity index (χ1v) is 20.4. The van der Waals surface area contributed by atoms with Crippen molar-refractivity contribution in [1.29, 1.82) is 0 Å². The summed E-state index contributed by atoms with van der Waals surface area (Å²) in [5.41, 5.74) is 2.55. The number of benzene rings is 4. The maximum atomic E-state index is 13.9. The van der Waals surface area contributed by atoms with Crippen LogP contribution in [-0.2, 0) is 27.3 Å². The monoisotopic (exact) mass is 812 g/mol. The molecule has 0 radical (unpaired) electrons. The van der Waals surface area contributed by atoms with E-state index in [0.29, 0.717) is 69.5 Å². The second-order valence-electron chi connectivity index (χ2n) is 14.3. The number of para-hydroxylation sites is 1. The molecule has 5 rings (SSSR count). The van der Waals surface area contributed by atoms with Crippen molar-refractivity contribution >= 4 is 23.7 Å². The van der Waals surface area contributed by atoms with Crippen LogP contribution >= 0.6 is 0 Å². The van der Waals surface area contributed by atoms with E-state index in [1.165, 1.54) is 11.6 Å². The van der Waals surface area contributed by atoms with Gasteiger partial charge in [0.25, 0.3) is 0 Å². The largest absolute Gasteiger partial charge is 0.491 e. The molecule has 0 saturated carbocycles. The van der Waals surface area contributed by atoms with Gasteiger partial charge in [-0.05, 0) is 98.2 Å². The molecule has 1 aromatic heterocycles. The van der Waals surface area contributed by atoms with Gasteiger partial charge in [-0.25, -0.2) is 4.79 Å². The van der Waals surface area contributed by atoms with E-state index >= 15 is 0 Å². The van der Waals surface area contributed by atoms with Crippen LogP contribution in [0.4, 0.5) is 0 Å². The second kappa shape index (κ2) is 24.1. The van der Waals surface area contributed by atoms with Gasteiger partial charge in [-0.3, -0.25) is 14.4 Å². The van der Waals surface area contributed by atoms with Crippen molar-refractivity contribution in [2.45, 2.75) is 76.8 Å². The van der Waals surface area contributed by atoms with E-state index in [4.69, 9.17) is 20.4 Å². The lowest BCUT2D eigenvalue weighted by Gasteiger charge is -2.31. The topological polar surface area (TPSA) is 160 Å². The van der Waals surface area contributed by atoms with Crippen LogP contribution in [0.15, 0.2) is 120 Å². The summed E-state index contributed by atoms with van der Waals surface area (Å²) >= 11 is 0. The minimum atomic E-state index is -1.19. The normalized spacial score (nSPS) is 11.2. The van der Waals surface area contributed by atoms with E-state index < -0.39 is 12.0 Å². The lowest BCUT2D eigenvalue weighted by molar-refractivity contribution is -0.141. The van der Waals surface area contributed by atoms with Crippen molar-refractivity contribution < 1.29 is 38.3 Å². The lowest BCUT2D eigenvalue weighted by atomic mass is 10.1. The first kappa shape index (κ1) is 44.2. The van der Waals surface area contributed by atoms with E-state index in [9.17, 15) is 24.3 Å². The number of terminal acetylenes is 1. The van der Waals surface area contributed by atoms with Gasteiger partial charge in [0.15, 0.2) is 11.5 Å². The average Bonchev–Trinajstić information content (AvgIpc) is 3.78. The molecule has 5 aromatic rings. The number of carbonyl (C=O) groups excluding carboxylic acids is 3. The van der Waals surface area contributed by atoms with Gasteiger partial charge in [0, 0.05) is 50.5 Å². The van der Waals surface area contributed by atoms with Gasteiger partial charge in [-0.15, -0.1) is 12.3 Å². The fraction of sp³-hybridized carbons (Fsp3) is 0.312. The standard InChI is InChI=1S/C48H52N4O8/c1-2-3-7-22-46(54)52(32-15-13-18-36-16-8-4-9-17-36)43(35-58-39-29-25-38(26-30-39)44-33-42(48(56)57)51-60-44)47(55)49-31-14-6-12-21-45(53)50-34-37-23-27-41(28-24-37)59-40-19-10-5-11-20-40/h1,4-5,8-11,16-17,19-20,23-30,33,43H,3,6-7,12-15,18,21-22,31-32,34-35H2,(H,49,55)(H,50,53)(H,56,57). The van der Waals surface area contributed by atoms with Crippen molar-refractivity contribution in [2.75, 3.05) is 19.7 Å². The number of carboxylic acids is 1. The summed E-state index contributed by atoms with van der Waals surface area (Å²) in [6, 6.07) is 34.4. The smallest absolute Gasteiger partial charge is 0.358 e. The Kier molecular flexibility index (Phi) is 17.8. The number of rotatable bonds is 25. The molecule has 0 fully saturated rings. The van der Waals surface area contributed by atoms with Gasteiger partial charge in [0.1, 0.15) is 29.9 Å². The molecule has 12 nitrogen and oxygen atoms in total. The second-order valence-corrected chi connectivity index (χ2v) is 14.3. The van der Waals surface area contributed by atoms with Crippen LogP contribution in [-0.4, -0.2) is 64.6 Å². The first-order valence-electron chi connectivity index (χ1n) is 20.4. The Morgan fingerprint density at radius 1 is 0.750 bits per heavy atom. The van der Waals surface area contributed by atoms with Gasteiger partial charge in [-0.2, -0.15) is 0 Å². The lowest BCUT2D eigenvalue weighted by Crippen LogP contribution is -2.53. The number of nitrogens with zero attached hydrogens (tertiary/aromatic N) is 2. The molecule has 1 unspecified atom stereocenters. The minimum absolute atomic E-state index is 0.0500. The zero-order valence-electron chi connectivity index (χ0n) is 33.7. The molecule has 0 bridgehead atoms. The number of nitrogens with one attached hydrogen (secondary N) is 2. The Labute approximate surface area is 351 Å². The number of carbonyl (C=O) groups is 4. The fourth-order valence-corrected chi connectivity index (χ4v) is 6.41. The molecule has 0 aliphatic heterocycles. The van der Waals surface area contributed by atoms with Crippen molar-refractivity contribution in [3.63, 3.8) is 0 Å². The third kappa shape index (κ3) is 14.8. The highest BCUT2D eigenvalue weighted by atomic mass is 16.5. The van der Waals surface area contributed by atoms with Crippen molar-refractivity contribution in [3.8, 4) is 40.9 Å². The zero-order valence-corrected chi connectivity index (χ0v) is 33.7. The SMILES string of the molecule is C#CCCCC(=O)N(CCCCc1ccccc1)C(COc1ccc(-c2cc(C(=O)O)no2)cc1)C(=O)NCCCCCC(=O)NCc1ccc(Oc2ccccc2)cc1. The van der Waals surface area contributed by atoms with Crippen LogP contribution < -0.4 is 20.1 Å². The molecular weight excluding hydrogens is 761 g/mol. The predicted molar refractivity (Wildman–Crippen MR) is 228 cm³/mol.